The van der Waals surface area contributed by atoms with Crippen LogP contribution in [0.4, 0.5) is 0 Å². The zero-order valence-electron chi connectivity index (χ0n) is 11.4. The Morgan fingerprint density at radius 2 is 1.71 bits per heavy atom. The Balaban J connectivity index is 1.98. The molecule has 0 radical (unpaired) electrons. The predicted molar refractivity (Wildman–Crippen MR) is 90.3 cm³/mol. The molecule has 0 fully saturated rings. The highest BCUT2D eigenvalue weighted by molar-refractivity contribution is 6.36. The minimum atomic E-state index is 0.102. The van der Waals surface area contributed by atoms with Gasteiger partial charge in [0.2, 0.25) is 0 Å². The topological polar surface area (TPSA) is 41.8 Å². The average molecular weight is 319 g/mol. The van der Waals surface area contributed by atoms with E-state index in [1.54, 1.807) is 0 Å². The molecule has 21 heavy (non-hydrogen) atoms. The van der Waals surface area contributed by atoms with Crippen molar-refractivity contribution < 1.29 is 0 Å². The molecule has 0 saturated heterocycles. The van der Waals surface area contributed by atoms with Crippen LogP contribution in [-0.2, 0) is 6.42 Å². The van der Waals surface area contributed by atoms with Crippen LogP contribution >= 0.6 is 23.2 Å². The number of benzene rings is 2. The van der Waals surface area contributed by atoms with E-state index < -0.39 is 0 Å². The van der Waals surface area contributed by atoms with Crippen LogP contribution in [0.2, 0.25) is 10.0 Å². The van der Waals surface area contributed by atoms with Gasteiger partial charge in [0.1, 0.15) is 0 Å². The summed E-state index contributed by atoms with van der Waals surface area (Å²) in [5.41, 5.74) is 9.28. The second-order valence-electron chi connectivity index (χ2n) is 5.13. The molecule has 3 aromatic rings. The molecule has 2 aromatic carbocycles. The molecule has 1 aromatic heterocycles. The molecule has 1 heterocycles. The smallest absolute Gasteiger partial charge is 0.0456 e. The minimum Gasteiger partial charge on any atom is -0.361 e. The van der Waals surface area contributed by atoms with Crippen LogP contribution in [0, 0.1) is 0 Å². The third kappa shape index (κ3) is 2.80. The summed E-state index contributed by atoms with van der Waals surface area (Å²) in [6.07, 6.45) is 2.85. The van der Waals surface area contributed by atoms with Crippen LogP contribution in [0.5, 0.6) is 0 Å². The van der Waals surface area contributed by atoms with Crippen molar-refractivity contribution in [2.75, 3.05) is 6.54 Å². The zero-order chi connectivity index (χ0) is 14.8. The van der Waals surface area contributed by atoms with Gasteiger partial charge in [0.25, 0.3) is 0 Å². The number of hydrogen-bond acceptors (Lipinski definition) is 1. The molecule has 0 spiro atoms. The molecule has 0 aliphatic rings. The van der Waals surface area contributed by atoms with E-state index in [1.807, 2.05) is 36.5 Å². The van der Waals surface area contributed by atoms with Crippen molar-refractivity contribution >= 4 is 34.1 Å². The molecule has 0 bridgehead atoms. The maximum absolute atomic E-state index is 6.31. The van der Waals surface area contributed by atoms with Gasteiger partial charge in [-0.2, -0.15) is 0 Å². The third-order valence-corrected chi connectivity index (χ3v) is 4.49. The summed E-state index contributed by atoms with van der Waals surface area (Å²) in [5.74, 6) is 0.102. The highest BCUT2D eigenvalue weighted by Gasteiger charge is 2.18. The van der Waals surface area contributed by atoms with Gasteiger partial charge in [-0.1, -0.05) is 47.5 Å². The summed E-state index contributed by atoms with van der Waals surface area (Å²) in [6.45, 7) is 0.503. The van der Waals surface area contributed by atoms with Crippen LogP contribution in [0.25, 0.3) is 10.9 Å². The normalized spacial score (nSPS) is 12.7. The maximum Gasteiger partial charge on any atom is 0.0456 e. The molecular formula is C17H16Cl2N2. The molecule has 4 heteroatoms. The fraction of sp³-hybridized carbons (Fsp3) is 0.176. The standard InChI is InChI=1S/C17H16Cl2N2/c18-14-5-3-6-15(19)17(14)11(9-20)8-12-10-21-16-7-2-1-4-13(12)16/h1-7,10-11,21H,8-9,20H2. The summed E-state index contributed by atoms with van der Waals surface area (Å²) in [6, 6.07) is 13.8. The molecule has 0 aliphatic carbocycles. The number of fused-ring (bicyclic) bond motifs is 1. The lowest BCUT2D eigenvalue weighted by Crippen LogP contribution is -2.16. The number of rotatable bonds is 4. The van der Waals surface area contributed by atoms with Gasteiger partial charge in [-0.05, 0) is 42.3 Å². The van der Waals surface area contributed by atoms with Gasteiger partial charge in [-0.15, -0.1) is 0 Å². The summed E-state index contributed by atoms with van der Waals surface area (Å²) >= 11 is 12.6. The van der Waals surface area contributed by atoms with Gasteiger partial charge in [-0.25, -0.2) is 0 Å². The van der Waals surface area contributed by atoms with Crippen molar-refractivity contribution in [2.45, 2.75) is 12.3 Å². The van der Waals surface area contributed by atoms with E-state index in [1.165, 1.54) is 10.9 Å². The Bertz CT molecular complexity index is 744. The molecule has 3 rings (SSSR count). The molecular weight excluding hydrogens is 303 g/mol. The van der Waals surface area contributed by atoms with E-state index in [0.717, 1.165) is 17.5 Å². The van der Waals surface area contributed by atoms with E-state index in [4.69, 9.17) is 28.9 Å². The van der Waals surface area contributed by atoms with Gasteiger partial charge in [-0.3, -0.25) is 0 Å². The second kappa shape index (κ2) is 6.10. The van der Waals surface area contributed by atoms with Crippen molar-refractivity contribution in [2.24, 2.45) is 5.73 Å². The lowest BCUT2D eigenvalue weighted by atomic mass is 9.91. The van der Waals surface area contributed by atoms with Crippen molar-refractivity contribution in [3.8, 4) is 0 Å². The summed E-state index contributed by atoms with van der Waals surface area (Å²) in [4.78, 5) is 3.29. The molecule has 0 aliphatic heterocycles. The summed E-state index contributed by atoms with van der Waals surface area (Å²) in [7, 11) is 0. The Labute approximate surface area is 133 Å². The van der Waals surface area contributed by atoms with Crippen molar-refractivity contribution in [1.29, 1.82) is 0 Å². The summed E-state index contributed by atoms with van der Waals surface area (Å²) in [5, 5.41) is 2.58. The molecule has 3 N–H and O–H groups in total. The van der Waals surface area contributed by atoms with E-state index in [-0.39, 0.29) is 5.92 Å². The lowest BCUT2D eigenvalue weighted by molar-refractivity contribution is 0.697. The largest absolute Gasteiger partial charge is 0.361 e. The molecule has 108 valence electrons. The highest BCUT2D eigenvalue weighted by atomic mass is 35.5. The minimum absolute atomic E-state index is 0.102. The number of aromatic amines is 1. The molecule has 1 atom stereocenters. The van der Waals surface area contributed by atoms with Crippen LogP contribution in [-0.4, -0.2) is 11.5 Å². The van der Waals surface area contributed by atoms with Crippen LogP contribution < -0.4 is 5.73 Å². The number of para-hydroxylation sites is 1. The molecule has 0 amide bonds. The van der Waals surface area contributed by atoms with Crippen LogP contribution in [0.1, 0.15) is 17.0 Å². The third-order valence-electron chi connectivity index (χ3n) is 3.83. The zero-order valence-corrected chi connectivity index (χ0v) is 13.0. The monoisotopic (exact) mass is 318 g/mol. The quantitative estimate of drug-likeness (QED) is 0.715. The fourth-order valence-corrected chi connectivity index (χ4v) is 3.48. The first-order chi connectivity index (χ1) is 10.2. The highest BCUT2D eigenvalue weighted by Crippen LogP contribution is 2.34. The molecule has 2 nitrogen and oxygen atoms in total. The maximum atomic E-state index is 6.31. The average Bonchev–Trinajstić information content (AvgIpc) is 2.89. The van der Waals surface area contributed by atoms with E-state index in [0.29, 0.717) is 16.6 Å². The SMILES string of the molecule is NCC(Cc1c[nH]c2ccccc12)c1c(Cl)cccc1Cl. The predicted octanol–water partition coefficient (Wildman–Crippen LogP) is 4.76. The van der Waals surface area contributed by atoms with E-state index in [2.05, 4.69) is 17.1 Å². The number of nitrogens with one attached hydrogen (secondary N) is 1. The Kier molecular flexibility index (Phi) is 4.20. The Morgan fingerprint density at radius 1 is 1.00 bits per heavy atom. The van der Waals surface area contributed by atoms with E-state index >= 15 is 0 Å². The second-order valence-corrected chi connectivity index (χ2v) is 5.95. The fourth-order valence-electron chi connectivity index (χ4n) is 2.77. The lowest BCUT2D eigenvalue weighted by Gasteiger charge is -2.18. The molecule has 1 unspecified atom stereocenters. The van der Waals surface area contributed by atoms with Crippen molar-refractivity contribution in [3.05, 3.63) is 69.8 Å². The first-order valence-electron chi connectivity index (χ1n) is 6.89. The van der Waals surface area contributed by atoms with Gasteiger partial charge < -0.3 is 10.7 Å². The Morgan fingerprint density at radius 3 is 2.43 bits per heavy atom. The first kappa shape index (κ1) is 14.5. The first-order valence-corrected chi connectivity index (χ1v) is 7.65. The number of aromatic nitrogens is 1. The number of halogens is 2. The summed E-state index contributed by atoms with van der Waals surface area (Å²) < 4.78 is 0. The van der Waals surface area contributed by atoms with Gasteiger partial charge in [0, 0.05) is 33.1 Å². The number of hydrogen-bond donors (Lipinski definition) is 2. The molecule has 0 saturated carbocycles. The van der Waals surface area contributed by atoms with Gasteiger partial charge in [0.15, 0.2) is 0 Å². The number of nitrogens with two attached hydrogens (primary N) is 1. The van der Waals surface area contributed by atoms with Crippen LogP contribution in [0.3, 0.4) is 0 Å². The number of H-pyrrole nitrogens is 1. The van der Waals surface area contributed by atoms with E-state index in [9.17, 15) is 0 Å². The van der Waals surface area contributed by atoms with Gasteiger partial charge >= 0.3 is 0 Å². The van der Waals surface area contributed by atoms with Gasteiger partial charge in [0.05, 0.1) is 0 Å². The van der Waals surface area contributed by atoms with Crippen LogP contribution in [0.15, 0.2) is 48.7 Å². The Hall–Kier alpha value is -1.48. The van der Waals surface area contributed by atoms with Crippen molar-refractivity contribution in [3.63, 3.8) is 0 Å². The van der Waals surface area contributed by atoms with Crippen molar-refractivity contribution in [1.82, 2.24) is 4.98 Å².